The topological polar surface area (TPSA) is 85.1 Å². The lowest BCUT2D eigenvalue weighted by Gasteiger charge is -2.11. The number of carbonyl (C=O) groups excluding carboxylic acids is 1. The summed E-state index contributed by atoms with van der Waals surface area (Å²) in [6.07, 6.45) is 0. The summed E-state index contributed by atoms with van der Waals surface area (Å²) in [4.78, 5) is 29.2. The number of carbonyl (C=O) groups is 1. The monoisotopic (exact) mass is 447 g/mol. The van der Waals surface area contributed by atoms with E-state index in [-0.39, 0.29) is 16.8 Å². The third-order valence-corrected chi connectivity index (χ3v) is 6.44. The molecule has 29 heavy (non-hydrogen) atoms. The van der Waals surface area contributed by atoms with Gasteiger partial charge in [0, 0.05) is 32.5 Å². The van der Waals surface area contributed by atoms with Crippen molar-refractivity contribution in [3.05, 3.63) is 73.6 Å². The van der Waals surface area contributed by atoms with Crippen LogP contribution in [0.5, 0.6) is 0 Å². The lowest BCUT2D eigenvalue weighted by molar-refractivity contribution is -0.384. The van der Waals surface area contributed by atoms with Crippen LogP contribution in [0.4, 0.5) is 5.69 Å². The van der Waals surface area contributed by atoms with Crippen LogP contribution in [0.25, 0.3) is 11.3 Å². The predicted molar refractivity (Wildman–Crippen MR) is 118 cm³/mol. The normalized spacial score (nSPS) is 11.8. The van der Waals surface area contributed by atoms with Gasteiger partial charge in [-0.15, -0.1) is 23.1 Å². The second kappa shape index (κ2) is 9.39. The zero-order valence-corrected chi connectivity index (χ0v) is 18.1. The predicted octanol–water partition coefficient (Wildman–Crippen LogP) is 5.48. The van der Waals surface area contributed by atoms with Crippen molar-refractivity contribution in [2.24, 2.45) is 0 Å². The highest BCUT2D eigenvalue weighted by Gasteiger charge is 2.16. The average Bonchev–Trinajstić information content (AvgIpc) is 3.07. The highest BCUT2D eigenvalue weighted by molar-refractivity contribution is 8.00. The van der Waals surface area contributed by atoms with Gasteiger partial charge in [0.15, 0.2) is 0 Å². The quantitative estimate of drug-likeness (QED) is 0.294. The summed E-state index contributed by atoms with van der Waals surface area (Å²) < 4.78 is 0. The molecule has 1 aromatic heterocycles. The van der Waals surface area contributed by atoms with E-state index in [1.54, 1.807) is 30.4 Å². The highest BCUT2D eigenvalue weighted by Crippen LogP contribution is 2.29. The summed E-state index contributed by atoms with van der Waals surface area (Å²) in [5.41, 5.74) is 1.91. The minimum absolute atomic E-state index is 0.0297. The van der Waals surface area contributed by atoms with Crippen LogP contribution in [0.1, 0.15) is 16.8 Å². The van der Waals surface area contributed by atoms with Crippen molar-refractivity contribution in [2.75, 3.05) is 0 Å². The molecule has 0 bridgehead atoms. The molecule has 1 atom stereocenters. The molecular weight excluding hydrogens is 430 g/mol. The largest absolute Gasteiger partial charge is 0.349 e. The molecule has 3 aromatic rings. The van der Waals surface area contributed by atoms with E-state index in [4.69, 9.17) is 11.6 Å². The fraction of sp³-hybridized carbons (Fsp3) is 0.200. The number of thiazole rings is 1. The molecule has 150 valence electrons. The number of aromatic nitrogens is 1. The number of hydrogen-bond acceptors (Lipinski definition) is 6. The third kappa shape index (κ3) is 5.56. The van der Waals surface area contributed by atoms with Gasteiger partial charge in [0.2, 0.25) is 5.91 Å². The average molecular weight is 448 g/mol. The van der Waals surface area contributed by atoms with E-state index in [1.165, 1.54) is 23.9 Å². The zero-order chi connectivity index (χ0) is 21.0. The number of rotatable bonds is 7. The molecule has 1 N–H and O–H groups in total. The van der Waals surface area contributed by atoms with Gasteiger partial charge in [0.25, 0.3) is 5.69 Å². The molecular formula is C20H18ClN3O3S2. The fourth-order valence-electron chi connectivity index (χ4n) is 2.61. The first kappa shape index (κ1) is 21.3. The van der Waals surface area contributed by atoms with Crippen molar-refractivity contribution in [1.29, 1.82) is 0 Å². The number of amides is 1. The van der Waals surface area contributed by atoms with Gasteiger partial charge >= 0.3 is 0 Å². The first-order chi connectivity index (χ1) is 13.8. The van der Waals surface area contributed by atoms with Crippen molar-refractivity contribution < 1.29 is 9.72 Å². The minimum Gasteiger partial charge on any atom is -0.349 e. The van der Waals surface area contributed by atoms with Gasteiger partial charge in [-0.3, -0.25) is 14.9 Å². The number of aryl methyl sites for hydroxylation is 1. The molecule has 6 nitrogen and oxygen atoms in total. The van der Waals surface area contributed by atoms with Gasteiger partial charge < -0.3 is 5.32 Å². The minimum atomic E-state index is -0.446. The summed E-state index contributed by atoms with van der Waals surface area (Å²) in [6, 6.07) is 13.7. The number of benzene rings is 2. The SMILES string of the molecule is Cc1sc(CNC(=O)C(C)Sc2ccc([N+](=O)[O-])cc2)nc1-c1ccc(Cl)cc1. The Bertz CT molecular complexity index is 1020. The van der Waals surface area contributed by atoms with Crippen molar-refractivity contribution in [1.82, 2.24) is 10.3 Å². The summed E-state index contributed by atoms with van der Waals surface area (Å²) in [5, 5.41) is 14.8. The number of nitrogens with zero attached hydrogens (tertiary/aromatic N) is 2. The van der Waals surface area contributed by atoms with Crippen LogP contribution in [-0.2, 0) is 11.3 Å². The van der Waals surface area contributed by atoms with Crippen molar-refractivity contribution >= 4 is 46.3 Å². The Morgan fingerprint density at radius 2 is 1.90 bits per heavy atom. The molecule has 0 fully saturated rings. The number of nitro benzene ring substituents is 1. The van der Waals surface area contributed by atoms with Crippen LogP contribution < -0.4 is 5.32 Å². The number of thioether (sulfide) groups is 1. The Morgan fingerprint density at radius 3 is 2.52 bits per heavy atom. The van der Waals surface area contributed by atoms with Crippen LogP contribution in [0.2, 0.25) is 5.02 Å². The fourth-order valence-corrected chi connectivity index (χ4v) is 4.53. The third-order valence-electron chi connectivity index (χ3n) is 4.10. The molecule has 0 saturated heterocycles. The van der Waals surface area contributed by atoms with E-state index < -0.39 is 4.92 Å². The zero-order valence-electron chi connectivity index (χ0n) is 15.7. The number of nitro groups is 1. The Balaban J connectivity index is 1.58. The van der Waals surface area contributed by atoms with E-state index in [9.17, 15) is 14.9 Å². The highest BCUT2D eigenvalue weighted by atomic mass is 35.5. The Morgan fingerprint density at radius 1 is 1.24 bits per heavy atom. The summed E-state index contributed by atoms with van der Waals surface area (Å²) in [6.45, 7) is 4.15. The Labute approximate surface area is 181 Å². The van der Waals surface area contributed by atoms with E-state index in [1.807, 2.05) is 31.2 Å². The van der Waals surface area contributed by atoms with Gasteiger partial charge in [0.1, 0.15) is 5.01 Å². The Kier molecular flexibility index (Phi) is 6.89. The van der Waals surface area contributed by atoms with Gasteiger partial charge in [0.05, 0.1) is 22.4 Å². The second-order valence-corrected chi connectivity index (χ2v) is 9.39. The number of halogens is 1. The van der Waals surface area contributed by atoms with Crippen LogP contribution in [0.15, 0.2) is 53.4 Å². The van der Waals surface area contributed by atoms with Crippen LogP contribution in [0.3, 0.4) is 0 Å². The molecule has 1 amide bonds. The molecule has 1 unspecified atom stereocenters. The van der Waals surface area contributed by atoms with E-state index in [2.05, 4.69) is 10.3 Å². The summed E-state index contributed by atoms with van der Waals surface area (Å²) in [5.74, 6) is -0.116. The summed E-state index contributed by atoms with van der Waals surface area (Å²) in [7, 11) is 0. The van der Waals surface area contributed by atoms with Crippen molar-refractivity contribution in [2.45, 2.75) is 30.5 Å². The summed E-state index contributed by atoms with van der Waals surface area (Å²) >= 11 is 8.84. The maximum Gasteiger partial charge on any atom is 0.269 e. The molecule has 0 aliphatic heterocycles. The molecule has 0 aliphatic carbocycles. The molecule has 0 radical (unpaired) electrons. The van der Waals surface area contributed by atoms with Crippen molar-refractivity contribution in [3.63, 3.8) is 0 Å². The van der Waals surface area contributed by atoms with Crippen molar-refractivity contribution in [3.8, 4) is 11.3 Å². The number of non-ortho nitro benzene ring substituents is 1. The maximum atomic E-state index is 12.4. The molecule has 9 heteroatoms. The first-order valence-corrected chi connectivity index (χ1v) is 10.8. The first-order valence-electron chi connectivity index (χ1n) is 8.74. The smallest absolute Gasteiger partial charge is 0.269 e. The molecule has 0 saturated carbocycles. The standard InChI is InChI=1S/C20H18ClN3O3S2/c1-12-19(14-3-5-15(21)6-4-14)23-18(29-12)11-22-20(25)13(2)28-17-9-7-16(8-10-17)24(26)27/h3-10,13H,11H2,1-2H3,(H,22,25). The van der Waals surface area contributed by atoms with Gasteiger partial charge in [-0.2, -0.15) is 0 Å². The van der Waals surface area contributed by atoms with Crippen LogP contribution in [-0.4, -0.2) is 21.1 Å². The van der Waals surface area contributed by atoms with Crippen LogP contribution >= 0.6 is 34.7 Å². The van der Waals surface area contributed by atoms with E-state index in [0.717, 1.165) is 26.0 Å². The maximum absolute atomic E-state index is 12.4. The van der Waals surface area contributed by atoms with Crippen LogP contribution in [0, 0.1) is 17.0 Å². The Hall–Kier alpha value is -2.42. The van der Waals surface area contributed by atoms with Gasteiger partial charge in [-0.1, -0.05) is 23.7 Å². The molecule has 3 rings (SSSR count). The van der Waals surface area contributed by atoms with E-state index >= 15 is 0 Å². The molecule has 1 heterocycles. The van der Waals surface area contributed by atoms with Gasteiger partial charge in [-0.05, 0) is 38.1 Å². The molecule has 2 aromatic carbocycles. The second-order valence-electron chi connectivity index (χ2n) is 6.25. The molecule has 0 aliphatic rings. The number of hydrogen-bond donors (Lipinski definition) is 1. The van der Waals surface area contributed by atoms with Gasteiger partial charge in [-0.25, -0.2) is 4.98 Å². The van der Waals surface area contributed by atoms with E-state index in [0.29, 0.717) is 11.6 Å². The lowest BCUT2D eigenvalue weighted by Crippen LogP contribution is -2.30. The number of nitrogens with one attached hydrogen (secondary N) is 1. The molecule has 0 spiro atoms. The lowest BCUT2D eigenvalue weighted by atomic mass is 10.1.